The van der Waals surface area contributed by atoms with Gasteiger partial charge in [0.15, 0.2) is 6.17 Å². The third kappa shape index (κ3) is 24.6. The van der Waals surface area contributed by atoms with E-state index in [1.807, 2.05) is 34.7 Å². The van der Waals surface area contributed by atoms with Crippen LogP contribution >= 0.6 is 0 Å². The number of hydrogen-bond donors (Lipinski definition) is 2. The van der Waals surface area contributed by atoms with E-state index in [0.717, 1.165) is 34.6 Å². The smallest absolute Gasteiger partial charge is 0.435 e. The van der Waals surface area contributed by atoms with Crippen molar-refractivity contribution in [2.75, 3.05) is 40.8 Å². The molecule has 1 rings (SSSR count). The number of carbonyl (C=O) groups is 5. The van der Waals surface area contributed by atoms with Crippen LogP contribution in [-0.4, -0.2) is 105 Å². The Morgan fingerprint density at radius 1 is 1.02 bits per heavy atom. The van der Waals surface area contributed by atoms with Crippen molar-refractivity contribution in [1.29, 1.82) is 0 Å². The highest BCUT2D eigenvalue weighted by Gasteiger charge is 2.41. The molecule has 0 radical (unpaired) electrons. The number of ether oxygens (including phenoxy) is 1. The molecule has 1 heterocycles. The number of rotatable bonds is 14. The van der Waals surface area contributed by atoms with Crippen molar-refractivity contribution >= 4 is 31.0 Å². The summed E-state index contributed by atoms with van der Waals surface area (Å²) < 4.78 is 4.75. The van der Waals surface area contributed by atoms with Gasteiger partial charge >= 0.3 is 6.09 Å². The first-order valence-corrected chi connectivity index (χ1v) is 15.4. The molecule has 43 heavy (non-hydrogen) atoms. The van der Waals surface area contributed by atoms with Crippen LogP contribution in [0.4, 0.5) is 4.79 Å². The van der Waals surface area contributed by atoms with Crippen molar-refractivity contribution in [1.82, 2.24) is 20.2 Å². The molecule has 0 aromatic heterocycles. The van der Waals surface area contributed by atoms with Crippen molar-refractivity contribution < 1.29 is 33.5 Å². The van der Waals surface area contributed by atoms with Crippen molar-refractivity contribution in [2.45, 2.75) is 113 Å². The second-order valence-corrected chi connectivity index (χ2v) is 11.1. The number of hydrogen-bond acceptors (Lipinski definition) is 9. The number of aldehydes is 2. The lowest BCUT2D eigenvalue weighted by atomic mass is 10.0. The monoisotopic (exact) mass is 619 g/mol. The van der Waals surface area contributed by atoms with Crippen molar-refractivity contribution in [3.8, 4) is 0 Å². The minimum absolute atomic E-state index is 0.0940. The van der Waals surface area contributed by atoms with Crippen LogP contribution in [0.25, 0.3) is 0 Å². The standard InChI is InChI=1S/C18H29N3O7.C6H15N.C4H10.C2H6.CH5N/c1-13(2)8-15(11-23)20-9-16(19(12-24)10-17(20)25)21(18(26)27-4)28-14(3)6-5-7-22;1-6(2)4-5-7-3;1-4(2)3;2*1-2/h7,11-16H,5-6,8-10H2,1-4H3;6-7H,4-5H2,1-3H3;4H,1-3H3;1-2H3;2H2,1H3. The summed E-state index contributed by atoms with van der Waals surface area (Å²) in [4.78, 5) is 66.5. The van der Waals surface area contributed by atoms with E-state index < -0.39 is 24.4 Å². The van der Waals surface area contributed by atoms with Crippen LogP contribution < -0.4 is 11.1 Å². The maximum absolute atomic E-state index is 12.5. The quantitative estimate of drug-likeness (QED) is 0.216. The van der Waals surface area contributed by atoms with Gasteiger partial charge in [0.1, 0.15) is 19.1 Å². The molecule has 1 aliphatic rings. The first kappa shape index (κ1) is 47.4. The number of methoxy groups -OCH3 is 1. The Morgan fingerprint density at radius 2 is 1.56 bits per heavy atom. The lowest BCUT2D eigenvalue weighted by Crippen LogP contribution is -2.65. The predicted octanol–water partition coefficient (Wildman–Crippen LogP) is 4.11. The zero-order valence-corrected chi connectivity index (χ0v) is 29.4. The maximum Gasteiger partial charge on any atom is 0.435 e. The van der Waals surface area contributed by atoms with Gasteiger partial charge in [-0.25, -0.2) is 4.79 Å². The Morgan fingerprint density at radius 3 is 1.91 bits per heavy atom. The molecule has 3 unspecified atom stereocenters. The zero-order valence-electron chi connectivity index (χ0n) is 29.4. The van der Waals surface area contributed by atoms with E-state index in [1.54, 1.807) is 6.92 Å². The van der Waals surface area contributed by atoms with Gasteiger partial charge in [0.2, 0.25) is 12.3 Å². The van der Waals surface area contributed by atoms with Gasteiger partial charge < -0.3 is 35.2 Å². The van der Waals surface area contributed by atoms with E-state index in [0.29, 0.717) is 25.5 Å². The molecule has 0 aliphatic carbocycles. The van der Waals surface area contributed by atoms with Gasteiger partial charge in [-0.15, -0.1) is 0 Å². The SMILES string of the molecule is CC.CC(C)C.CN.CNCCC(C)C.COC(=O)N(OC(C)CCC=O)C1CN(C(C=O)CC(C)C)C(=O)CN1C=O. The van der Waals surface area contributed by atoms with Gasteiger partial charge in [-0.05, 0) is 64.6 Å². The minimum Gasteiger partial charge on any atom is -0.451 e. The van der Waals surface area contributed by atoms with E-state index in [-0.39, 0.29) is 31.3 Å². The van der Waals surface area contributed by atoms with Crippen LogP contribution in [0.3, 0.4) is 0 Å². The summed E-state index contributed by atoms with van der Waals surface area (Å²) in [6.07, 6.45) is 1.90. The highest BCUT2D eigenvalue weighted by Crippen LogP contribution is 2.21. The molecule has 3 amide bonds. The van der Waals surface area contributed by atoms with Crippen LogP contribution in [0.5, 0.6) is 0 Å². The van der Waals surface area contributed by atoms with E-state index in [2.05, 4.69) is 45.7 Å². The Kier molecular flexibility index (Phi) is 34.0. The van der Waals surface area contributed by atoms with E-state index in [1.165, 1.54) is 25.5 Å². The molecule has 1 saturated heterocycles. The lowest BCUT2D eigenvalue weighted by molar-refractivity contribution is -0.226. The molecule has 0 saturated carbocycles. The van der Waals surface area contributed by atoms with Gasteiger partial charge in [-0.3, -0.25) is 14.4 Å². The third-order valence-corrected chi connectivity index (χ3v) is 5.37. The van der Waals surface area contributed by atoms with E-state index in [9.17, 15) is 24.0 Å². The van der Waals surface area contributed by atoms with Gasteiger partial charge in [0.05, 0.1) is 25.8 Å². The van der Waals surface area contributed by atoms with Crippen LogP contribution in [0.15, 0.2) is 0 Å². The van der Waals surface area contributed by atoms with E-state index in [4.69, 9.17) is 9.57 Å². The van der Waals surface area contributed by atoms with Gasteiger partial charge in [0, 0.05) is 6.42 Å². The fourth-order valence-electron chi connectivity index (χ4n) is 3.42. The van der Waals surface area contributed by atoms with Crippen molar-refractivity contribution in [3.05, 3.63) is 0 Å². The predicted molar refractivity (Wildman–Crippen MR) is 173 cm³/mol. The molecule has 12 heteroatoms. The summed E-state index contributed by atoms with van der Waals surface area (Å²) in [5.74, 6) is 1.45. The Labute approximate surface area is 262 Å². The number of piperazine rings is 1. The second kappa shape index (κ2) is 30.9. The van der Waals surface area contributed by atoms with Crippen LogP contribution in [0.1, 0.15) is 94.9 Å². The first-order chi connectivity index (χ1) is 20.3. The molecule has 0 aromatic rings. The molecule has 256 valence electrons. The molecule has 0 aromatic carbocycles. The average Bonchev–Trinajstić information content (AvgIpc) is 2.98. The topological polar surface area (TPSA) is 152 Å². The number of carbonyl (C=O) groups excluding carboxylic acids is 5. The number of nitrogens with one attached hydrogen (secondary N) is 1. The normalized spacial score (nSPS) is 15.3. The Hall–Kier alpha value is -2.57. The second-order valence-electron chi connectivity index (χ2n) is 11.1. The molecular formula is C31H65N5O7. The zero-order chi connectivity index (χ0) is 34.5. The molecular weight excluding hydrogens is 554 g/mol. The fourth-order valence-corrected chi connectivity index (χ4v) is 3.42. The Balaban J connectivity index is -0.000000421. The summed E-state index contributed by atoms with van der Waals surface area (Å²) in [6, 6.07) is -0.671. The summed E-state index contributed by atoms with van der Waals surface area (Å²) in [5, 5.41) is 3.99. The molecule has 1 fully saturated rings. The van der Waals surface area contributed by atoms with Crippen molar-refractivity contribution in [3.63, 3.8) is 0 Å². The largest absolute Gasteiger partial charge is 0.451 e. The maximum atomic E-state index is 12.5. The number of nitrogens with zero attached hydrogens (tertiary/aromatic N) is 3. The number of nitrogens with two attached hydrogens (primary N) is 1. The van der Waals surface area contributed by atoms with Gasteiger partial charge in [-0.1, -0.05) is 62.3 Å². The number of hydroxylamine groups is 2. The molecule has 0 bridgehead atoms. The molecule has 1 aliphatic heterocycles. The Bertz CT molecular complexity index is 705. The van der Waals surface area contributed by atoms with Gasteiger partial charge in [-0.2, -0.15) is 5.06 Å². The summed E-state index contributed by atoms with van der Waals surface area (Å²) in [7, 11) is 4.65. The van der Waals surface area contributed by atoms with Crippen molar-refractivity contribution in [2.24, 2.45) is 23.5 Å². The summed E-state index contributed by atoms with van der Waals surface area (Å²) in [6.45, 7) is 21.3. The lowest BCUT2D eigenvalue weighted by Gasteiger charge is -2.44. The number of amides is 3. The summed E-state index contributed by atoms with van der Waals surface area (Å²) in [5.41, 5.74) is 4.50. The molecule has 12 nitrogen and oxygen atoms in total. The highest BCUT2D eigenvalue weighted by atomic mass is 16.7. The van der Waals surface area contributed by atoms with Crippen LogP contribution in [0.2, 0.25) is 0 Å². The molecule has 0 spiro atoms. The highest BCUT2D eigenvalue weighted by molar-refractivity contribution is 5.84. The van der Waals surface area contributed by atoms with Gasteiger partial charge in [0.25, 0.3) is 0 Å². The first-order valence-electron chi connectivity index (χ1n) is 15.4. The van der Waals surface area contributed by atoms with E-state index >= 15 is 0 Å². The molecule has 3 atom stereocenters. The summed E-state index contributed by atoms with van der Waals surface area (Å²) >= 11 is 0. The van der Waals surface area contributed by atoms with Crippen LogP contribution in [-0.2, 0) is 28.8 Å². The van der Waals surface area contributed by atoms with Crippen LogP contribution in [0, 0.1) is 17.8 Å². The minimum atomic E-state index is -0.962. The third-order valence-electron chi connectivity index (χ3n) is 5.37. The molecule has 3 N–H and O–H groups in total. The average molecular weight is 620 g/mol. The fraction of sp³-hybridized carbons (Fsp3) is 0.839.